The molecule has 2 aromatic rings. The van der Waals surface area contributed by atoms with Gasteiger partial charge in [0.05, 0.1) is 5.02 Å². The van der Waals surface area contributed by atoms with Crippen LogP contribution in [0.3, 0.4) is 0 Å². The van der Waals surface area contributed by atoms with Crippen molar-refractivity contribution in [2.24, 2.45) is 0 Å². The molecule has 0 atom stereocenters. The highest BCUT2D eigenvalue weighted by Gasteiger charge is 2.13. The molecule has 1 aromatic carbocycles. The molecule has 18 heavy (non-hydrogen) atoms. The van der Waals surface area contributed by atoms with Crippen LogP contribution in [0, 0.1) is 24.1 Å². The normalized spacial score (nSPS) is 10.1. The summed E-state index contributed by atoms with van der Waals surface area (Å²) in [6, 6.07) is 7.18. The Morgan fingerprint density at radius 3 is 2.83 bits per heavy atom. The van der Waals surface area contributed by atoms with Crippen molar-refractivity contribution in [2.75, 3.05) is 0 Å². The molecular formula is C12H7ClFN3O. The van der Waals surface area contributed by atoms with Crippen molar-refractivity contribution in [3.8, 4) is 11.8 Å². The molecule has 1 heterocycles. The zero-order valence-corrected chi connectivity index (χ0v) is 10.1. The summed E-state index contributed by atoms with van der Waals surface area (Å²) in [5, 5.41) is 12.5. The Bertz CT molecular complexity index is 698. The van der Waals surface area contributed by atoms with E-state index in [1.807, 2.05) is 0 Å². The van der Waals surface area contributed by atoms with Crippen LogP contribution in [0.2, 0.25) is 5.02 Å². The van der Waals surface area contributed by atoms with Crippen LogP contribution in [0.1, 0.15) is 11.3 Å². The lowest BCUT2D eigenvalue weighted by Gasteiger charge is -2.09. The monoisotopic (exact) mass is 263 g/mol. The lowest BCUT2D eigenvalue weighted by molar-refractivity contribution is 0.602. The van der Waals surface area contributed by atoms with E-state index in [0.29, 0.717) is 5.56 Å². The zero-order chi connectivity index (χ0) is 13.3. The number of halogens is 2. The quantitative estimate of drug-likeness (QED) is 0.792. The van der Waals surface area contributed by atoms with E-state index in [2.05, 4.69) is 5.10 Å². The first-order valence-corrected chi connectivity index (χ1v) is 5.38. The standard InChI is InChI=1S/C12H7ClFN3O/c1-7-3-2-4-9(14)12(7)17-11(18)5-8(13)10(6-15)16-17/h2-5H,1H3. The molecule has 0 fully saturated rings. The fourth-order valence-corrected chi connectivity index (χ4v) is 1.74. The number of rotatable bonds is 1. The van der Waals surface area contributed by atoms with Crippen LogP contribution >= 0.6 is 11.6 Å². The minimum Gasteiger partial charge on any atom is -0.267 e. The molecule has 0 saturated carbocycles. The second-order valence-corrected chi connectivity index (χ2v) is 4.02. The SMILES string of the molecule is Cc1cccc(F)c1-n1nc(C#N)c(Cl)cc1=O. The number of aryl methyl sites for hydroxylation is 1. The van der Waals surface area contributed by atoms with E-state index in [9.17, 15) is 9.18 Å². The average Bonchev–Trinajstić information content (AvgIpc) is 2.31. The van der Waals surface area contributed by atoms with Gasteiger partial charge in [-0.05, 0) is 18.6 Å². The van der Waals surface area contributed by atoms with Gasteiger partial charge < -0.3 is 0 Å². The Labute approximate surface area is 107 Å². The Hall–Kier alpha value is -2.19. The van der Waals surface area contributed by atoms with E-state index < -0.39 is 11.4 Å². The fourth-order valence-electron chi connectivity index (χ4n) is 1.56. The highest BCUT2D eigenvalue weighted by molar-refractivity contribution is 6.31. The van der Waals surface area contributed by atoms with Crippen molar-refractivity contribution in [1.29, 1.82) is 5.26 Å². The second-order valence-electron chi connectivity index (χ2n) is 3.61. The fraction of sp³-hybridized carbons (Fsp3) is 0.0833. The highest BCUT2D eigenvalue weighted by Crippen LogP contribution is 2.17. The van der Waals surface area contributed by atoms with E-state index in [1.54, 1.807) is 19.1 Å². The molecular weight excluding hydrogens is 257 g/mol. The molecule has 1 aromatic heterocycles. The number of nitrogens with zero attached hydrogens (tertiary/aromatic N) is 3. The van der Waals surface area contributed by atoms with E-state index in [-0.39, 0.29) is 16.4 Å². The van der Waals surface area contributed by atoms with Crippen molar-refractivity contribution in [2.45, 2.75) is 6.92 Å². The van der Waals surface area contributed by atoms with Crippen LogP contribution in [0.25, 0.3) is 5.69 Å². The first-order valence-electron chi connectivity index (χ1n) is 5.00. The lowest BCUT2D eigenvalue weighted by atomic mass is 10.2. The first-order chi connectivity index (χ1) is 8.54. The third-order valence-electron chi connectivity index (χ3n) is 2.39. The third kappa shape index (κ3) is 1.98. The van der Waals surface area contributed by atoms with Crippen molar-refractivity contribution in [1.82, 2.24) is 9.78 Å². The van der Waals surface area contributed by atoms with Gasteiger partial charge in [-0.15, -0.1) is 0 Å². The molecule has 0 amide bonds. The molecule has 0 spiro atoms. The predicted molar refractivity (Wildman–Crippen MR) is 64.3 cm³/mol. The van der Waals surface area contributed by atoms with Gasteiger partial charge in [-0.3, -0.25) is 4.79 Å². The highest BCUT2D eigenvalue weighted by atomic mass is 35.5. The van der Waals surface area contributed by atoms with E-state index in [0.717, 1.165) is 10.7 Å². The maximum absolute atomic E-state index is 13.7. The molecule has 0 aliphatic carbocycles. The molecule has 0 aliphatic heterocycles. The molecule has 0 saturated heterocycles. The number of hydrogen-bond acceptors (Lipinski definition) is 3. The van der Waals surface area contributed by atoms with Crippen molar-refractivity contribution < 1.29 is 4.39 Å². The summed E-state index contributed by atoms with van der Waals surface area (Å²) in [6.45, 7) is 1.65. The predicted octanol–water partition coefficient (Wildman–Crippen LogP) is 2.21. The maximum atomic E-state index is 13.7. The van der Waals surface area contributed by atoms with E-state index in [4.69, 9.17) is 16.9 Å². The molecule has 2 rings (SSSR count). The number of benzene rings is 1. The Morgan fingerprint density at radius 1 is 1.50 bits per heavy atom. The smallest absolute Gasteiger partial charge is 0.267 e. The Balaban J connectivity index is 2.81. The molecule has 0 aliphatic rings. The van der Waals surface area contributed by atoms with Crippen LogP contribution in [0.5, 0.6) is 0 Å². The van der Waals surface area contributed by atoms with Crippen LogP contribution in [0.15, 0.2) is 29.1 Å². The van der Waals surface area contributed by atoms with Crippen molar-refractivity contribution in [3.05, 3.63) is 56.7 Å². The van der Waals surface area contributed by atoms with Crippen molar-refractivity contribution in [3.63, 3.8) is 0 Å². The summed E-state index contributed by atoms with van der Waals surface area (Å²) in [5.41, 5.74) is -0.155. The largest absolute Gasteiger partial charge is 0.273 e. The molecule has 0 bridgehead atoms. The first kappa shape index (κ1) is 12.3. The van der Waals surface area contributed by atoms with Gasteiger partial charge in [0, 0.05) is 6.07 Å². The topological polar surface area (TPSA) is 58.7 Å². The number of para-hydroxylation sites is 1. The van der Waals surface area contributed by atoms with E-state index in [1.165, 1.54) is 12.1 Å². The summed E-state index contributed by atoms with van der Waals surface area (Å²) in [6.07, 6.45) is 0. The number of hydrogen-bond donors (Lipinski definition) is 0. The van der Waals surface area contributed by atoms with Gasteiger partial charge in [-0.1, -0.05) is 23.7 Å². The third-order valence-corrected chi connectivity index (χ3v) is 2.68. The van der Waals surface area contributed by atoms with Crippen LogP contribution in [-0.4, -0.2) is 9.78 Å². The van der Waals surface area contributed by atoms with Gasteiger partial charge in [0.15, 0.2) is 5.69 Å². The molecule has 0 unspecified atom stereocenters. The van der Waals surface area contributed by atoms with Gasteiger partial charge in [-0.25, -0.2) is 4.39 Å². The number of aromatic nitrogens is 2. The molecule has 6 heteroatoms. The van der Waals surface area contributed by atoms with Gasteiger partial charge in [-0.2, -0.15) is 15.0 Å². The van der Waals surface area contributed by atoms with Crippen molar-refractivity contribution >= 4 is 11.6 Å². The summed E-state index contributed by atoms with van der Waals surface area (Å²) in [4.78, 5) is 11.8. The lowest BCUT2D eigenvalue weighted by Crippen LogP contribution is -2.23. The average molecular weight is 264 g/mol. The van der Waals surface area contributed by atoms with E-state index >= 15 is 0 Å². The Kier molecular flexibility index (Phi) is 3.13. The van der Waals surface area contributed by atoms with Gasteiger partial charge in [0.2, 0.25) is 0 Å². The summed E-state index contributed by atoms with van der Waals surface area (Å²) in [7, 11) is 0. The minimum atomic E-state index is -0.591. The second kappa shape index (κ2) is 4.59. The molecule has 90 valence electrons. The summed E-state index contributed by atoms with van der Waals surface area (Å²) >= 11 is 5.68. The van der Waals surface area contributed by atoms with Crippen LogP contribution in [0.4, 0.5) is 4.39 Å². The van der Waals surface area contributed by atoms with Gasteiger partial charge >= 0.3 is 0 Å². The van der Waals surface area contributed by atoms with Crippen LogP contribution in [-0.2, 0) is 0 Å². The zero-order valence-electron chi connectivity index (χ0n) is 9.32. The minimum absolute atomic E-state index is 0.0238. The maximum Gasteiger partial charge on any atom is 0.273 e. The van der Waals surface area contributed by atoms with Gasteiger partial charge in [0.25, 0.3) is 5.56 Å². The summed E-state index contributed by atoms with van der Waals surface area (Å²) < 4.78 is 14.6. The van der Waals surface area contributed by atoms with Crippen LogP contribution < -0.4 is 5.56 Å². The molecule has 4 nitrogen and oxygen atoms in total. The number of nitriles is 1. The summed E-state index contributed by atoms with van der Waals surface area (Å²) in [5.74, 6) is -0.587. The van der Waals surface area contributed by atoms with Gasteiger partial charge in [0.1, 0.15) is 17.6 Å². The Morgan fingerprint density at radius 2 is 2.22 bits per heavy atom. The molecule has 0 N–H and O–H groups in total. The molecule has 0 radical (unpaired) electrons.